The van der Waals surface area contributed by atoms with Gasteiger partial charge in [0.1, 0.15) is 0 Å². The van der Waals surface area contributed by atoms with E-state index in [4.69, 9.17) is 16.3 Å². The van der Waals surface area contributed by atoms with Gasteiger partial charge in [-0.05, 0) is 51.4 Å². The summed E-state index contributed by atoms with van der Waals surface area (Å²) in [5, 5.41) is 3.71. The average Bonchev–Trinajstić information content (AvgIpc) is 2.75. The maximum absolute atomic E-state index is 6.20. The van der Waals surface area contributed by atoms with Crippen molar-refractivity contribution < 1.29 is 4.74 Å². The number of nitrogens with one attached hydrogen (secondary N) is 1. The molecule has 0 aromatic rings. The molecule has 0 radical (unpaired) electrons. The largest absolute Gasteiger partial charge is 0.374 e. The second kappa shape index (κ2) is 5.90. The molecule has 0 spiro atoms. The lowest BCUT2D eigenvalue weighted by Gasteiger charge is -2.39. The number of rotatable bonds is 4. The van der Waals surface area contributed by atoms with Gasteiger partial charge in [0.2, 0.25) is 0 Å². The van der Waals surface area contributed by atoms with E-state index < -0.39 is 0 Å². The Morgan fingerprint density at radius 3 is 2.41 bits per heavy atom. The molecule has 1 aliphatic carbocycles. The van der Waals surface area contributed by atoms with E-state index in [2.05, 4.69) is 19.2 Å². The second-order valence-corrected chi connectivity index (χ2v) is 6.39. The Morgan fingerprint density at radius 1 is 1.18 bits per heavy atom. The predicted octanol–water partition coefficient (Wildman–Crippen LogP) is 3.33. The van der Waals surface area contributed by atoms with Crippen molar-refractivity contribution in [3.8, 4) is 0 Å². The maximum atomic E-state index is 6.20. The minimum atomic E-state index is 0.184. The quantitative estimate of drug-likeness (QED) is 0.782. The van der Waals surface area contributed by atoms with Crippen molar-refractivity contribution in [1.82, 2.24) is 5.32 Å². The Kier molecular flexibility index (Phi) is 4.73. The number of alkyl halides is 1. The Morgan fingerprint density at radius 2 is 1.88 bits per heavy atom. The molecule has 1 heterocycles. The molecule has 1 saturated carbocycles. The van der Waals surface area contributed by atoms with E-state index in [1.807, 2.05) is 0 Å². The number of halogens is 1. The third kappa shape index (κ3) is 3.59. The third-order valence-corrected chi connectivity index (χ3v) is 5.02. The van der Waals surface area contributed by atoms with Gasteiger partial charge in [0.15, 0.2) is 0 Å². The monoisotopic (exact) mass is 259 g/mol. The highest BCUT2D eigenvalue weighted by Crippen LogP contribution is 2.33. The third-order valence-electron chi connectivity index (χ3n) is 4.51. The highest BCUT2D eigenvalue weighted by molar-refractivity contribution is 6.18. The minimum Gasteiger partial charge on any atom is -0.374 e. The first-order valence-corrected chi connectivity index (χ1v) is 7.63. The van der Waals surface area contributed by atoms with Crippen LogP contribution in [0.2, 0.25) is 0 Å². The van der Waals surface area contributed by atoms with Crippen molar-refractivity contribution in [2.45, 2.75) is 70.1 Å². The molecule has 0 aromatic heterocycles. The van der Waals surface area contributed by atoms with Gasteiger partial charge < -0.3 is 10.1 Å². The minimum absolute atomic E-state index is 0.184. The molecule has 1 aliphatic heterocycles. The van der Waals surface area contributed by atoms with Crippen molar-refractivity contribution >= 4 is 11.6 Å². The number of hydrogen-bond donors (Lipinski definition) is 1. The van der Waals surface area contributed by atoms with Crippen LogP contribution in [0.5, 0.6) is 0 Å². The van der Waals surface area contributed by atoms with Crippen molar-refractivity contribution in [1.29, 1.82) is 0 Å². The topological polar surface area (TPSA) is 21.3 Å². The zero-order chi connectivity index (χ0) is 12.3. The first kappa shape index (κ1) is 13.6. The lowest BCUT2D eigenvalue weighted by atomic mass is 9.78. The summed E-state index contributed by atoms with van der Waals surface area (Å²) in [6.45, 7) is 5.49. The SMILES string of the molecule is CC1CCC(CCl)(NCC2CCC(C)O2)CC1. The molecule has 0 amide bonds. The summed E-state index contributed by atoms with van der Waals surface area (Å²) in [6, 6.07) is 0. The Bertz CT molecular complexity index is 238. The molecule has 1 saturated heterocycles. The lowest BCUT2D eigenvalue weighted by Crippen LogP contribution is -2.51. The van der Waals surface area contributed by atoms with Crippen LogP contribution in [-0.4, -0.2) is 30.2 Å². The smallest absolute Gasteiger partial charge is 0.0704 e. The normalized spacial score (nSPS) is 42.9. The van der Waals surface area contributed by atoms with Gasteiger partial charge in [0.25, 0.3) is 0 Å². The molecule has 17 heavy (non-hydrogen) atoms. The molecule has 3 heteroatoms. The molecule has 2 rings (SSSR count). The van der Waals surface area contributed by atoms with E-state index in [0.29, 0.717) is 12.2 Å². The van der Waals surface area contributed by atoms with Gasteiger partial charge in [0.05, 0.1) is 12.2 Å². The zero-order valence-corrected chi connectivity index (χ0v) is 11.9. The first-order chi connectivity index (χ1) is 8.13. The molecular formula is C14H26ClNO. The fraction of sp³-hybridized carbons (Fsp3) is 1.00. The van der Waals surface area contributed by atoms with E-state index in [0.717, 1.165) is 18.3 Å². The highest BCUT2D eigenvalue weighted by Gasteiger charge is 2.34. The van der Waals surface area contributed by atoms with Gasteiger partial charge in [-0.25, -0.2) is 0 Å². The van der Waals surface area contributed by atoms with Gasteiger partial charge in [-0.15, -0.1) is 11.6 Å². The molecule has 2 aliphatic rings. The summed E-state index contributed by atoms with van der Waals surface area (Å²) in [4.78, 5) is 0. The molecule has 2 nitrogen and oxygen atoms in total. The molecule has 2 unspecified atom stereocenters. The molecule has 2 atom stereocenters. The van der Waals surface area contributed by atoms with Gasteiger partial charge in [0, 0.05) is 18.0 Å². The molecule has 2 fully saturated rings. The summed E-state index contributed by atoms with van der Waals surface area (Å²) in [5.74, 6) is 1.61. The van der Waals surface area contributed by atoms with Crippen molar-refractivity contribution in [2.75, 3.05) is 12.4 Å². The fourth-order valence-corrected chi connectivity index (χ4v) is 3.40. The van der Waals surface area contributed by atoms with E-state index in [9.17, 15) is 0 Å². The summed E-state index contributed by atoms with van der Waals surface area (Å²) in [6.07, 6.45) is 8.31. The Balaban J connectivity index is 1.79. The first-order valence-electron chi connectivity index (χ1n) is 7.10. The van der Waals surface area contributed by atoms with Crippen LogP contribution in [0.1, 0.15) is 52.4 Å². The number of hydrogen-bond acceptors (Lipinski definition) is 2. The molecule has 0 bridgehead atoms. The van der Waals surface area contributed by atoms with Crippen LogP contribution in [0.3, 0.4) is 0 Å². The van der Waals surface area contributed by atoms with Gasteiger partial charge in [-0.2, -0.15) is 0 Å². The van der Waals surface area contributed by atoms with Gasteiger partial charge >= 0.3 is 0 Å². The molecule has 1 N–H and O–H groups in total. The summed E-state index contributed by atoms with van der Waals surface area (Å²) < 4.78 is 5.86. The summed E-state index contributed by atoms with van der Waals surface area (Å²) in [7, 11) is 0. The Hall–Kier alpha value is 0.210. The van der Waals surface area contributed by atoms with Crippen molar-refractivity contribution in [3.05, 3.63) is 0 Å². The van der Waals surface area contributed by atoms with Gasteiger partial charge in [-0.1, -0.05) is 6.92 Å². The van der Waals surface area contributed by atoms with E-state index in [-0.39, 0.29) is 5.54 Å². The van der Waals surface area contributed by atoms with Crippen LogP contribution in [-0.2, 0) is 4.74 Å². The molecule has 0 aromatic carbocycles. The van der Waals surface area contributed by atoms with Crippen LogP contribution in [0, 0.1) is 5.92 Å². The zero-order valence-electron chi connectivity index (χ0n) is 11.2. The molecular weight excluding hydrogens is 234 g/mol. The van der Waals surface area contributed by atoms with Crippen LogP contribution < -0.4 is 5.32 Å². The van der Waals surface area contributed by atoms with Crippen molar-refractivity contribution in [2.24, 2.45) is 5.92 Å². The van der Waals surface area contributed by atoms with Crippen LogP contribution in [0.25, 0.3) is 0 Å². The maximum Gasteiger partial charge on any atom is 0.0704 e. The van der Waals surface area contributed by atoms with Crippen molar-refractivity contribution in [3.63, 3.8) is 0 Å². The van der Waals surface area contributed by atoms with E-state index >= 15 is 0 Å². The standard InChI is InChI=1S/C14H26ClNO/c1-11-5-7-14(10-15,8-6-11)16-9-13-4-3-12(2)17-13/h11-13,16H,3-10H2,1-2H3. The lowest BCUT2D eigenvalue weighted by molar-refractivity contribution is 0.0481. The number of ether oxygens (including phenoxy) is 1. The van der Waals surface area contributed by atoms with Crippen LogP contribution in [0.15, 0.2) is 0 Å². The summed E-state index contributed by atoms with van der Waals surface area (Å²) in [5.41, 5.74) is 0.184. The van der Waals surface area contributed by atoms with E-state index in [1.54, 1.807) is 0 Å². The molecule has 100 valence electrons. The van der Waals surface area contributed by atoms with Crippen LogP contribution >= 0.6 is 11.6 Å². The highest BCUT2D eigenvalue weighted by atomic mass is 35.5. The average molecular weight is 260 g/mol. The fourth-order valence-electron chi connectivity index (χ4n) is 3.04. The second-order valence-electron chi connectivity index (χ2n) is 6.12. The predicted molar refractivity (Wildman–Crippen MR) is 72.7 cm³/mol. The summed E-state index contributed by atoms with van der Waals surface area (Å²) >= 11 is 6.20. The van der Waals surface area contributed by atoms with E-state index in [1.165, 1.54) is 38.5 Å². The Labute approximate surface area is 110 Å². The van der Waals surface area contributed by atoms with Crippen LogP contribution in [0.4, 0.5) is 0 Å². The van der Waals surface area contributed by atoms with Gasteiger partial charge in [-0.3, -0.25) is 0 Å².